The van der Waals surface area contributed by atoms with Crippen LogP contribution in [-0.4, -0.2) is 36.7 Å². The second-order valence-electron chi connectivity index (χ2n) is 7.09. The van der Waals surface area contributed by atoms with Gasteiger partial charge in [0.05, 0.1) is 5.92 Å². The Balaban J connectivity index is 1.77. The van der Waals surface area contributed by atoms with E-state index >= 15 is 0 Å². The van der Waals surface area contributed by atoms with Crippen molar-refractivity contribution in [3.8, 4) is 0 Å². The minimum atomic E-state index is -0.837. The fraction of sp³-hybridized carbons (Fsp3) is 0.600. The second-order valence-corrected chi connectivity index (χ2v) is 7.09. The molecule has 1 heterocycles. The molecule has 1 unspecified atom stereocenters. The SMILES string of the molecule is CC(C)c1ccc(CCC(=O)NCC(C(=O)O)C2CCOCC2)cc1. The lowest BCUT2D eigenvalue weighted by Crippen LogP contribution is -2.39. The molecule has 0 aliphatic carbocycles. The van der Waals surface area contributed by atoms with Crippen molar-refractivity contribution in [2.75, 3.05) is 19.8 Å². The first-order valence-electron chi connectivity index (χ1n) is 9.13. The average molecular weight is 347 g/mol. The maximum Gasteiger partial charge on any atom is 0.308 e. The van der Waals surface area contributed by atoms with Crippen LogP contribution in [0.2, 0.25) is 0 Å². The Morgan fingerprint density at radius 3 is 2.40 bits per heavy atom. The lowest BCUT2D eigenvalue weighted by Gasteiger charge is -2.27. The molecule has 0 radical (unpaired) electrons. The van der Waals surface area contributed by atoms with E-state index in [0.29, 0.717) is 32.0 Å². The summed E-state index contributed by atoms with van der Waals surface area (Å²) in [6.45, 7) is 5.72. The van der Waals surface area contributed by atoms with Crippen LogP contribution in [0.25, 0.3) is 0 Å². The highest BCUT2D eigenvalue weighted by atomic mass is 16.5. The maximum atomic E-state index is 12.1. The van der Waals surface area contributed by atoms with Gasteiger partial charge < -0.3 is 15.2 Å². The molecule has 5 nitrogen and oxygen atoms in total. The molecule has 1 aromatic rings. The predicted molar refractivity (Wildman–Crippen MR) is 96.5 cm³/mol. The summed E-state index contributed by atoms with van der Waals surface area (Å²) in [5.41, 5.74) is 2.41. The van der Waals surface area contributed by atoms with Crippen molar-refractivity contribution in [3.63, 3.8) is 0 Å². The van der Waals surface area contributed by atoms with Crippen molar-refractivity contribution in [1.29, 1.82) is 0 Å². The zero-order valence-electron chi connectivity index (χ0n) is 15.2. The zero-order chi connectivity index (χ0) is 18.2. The van der Waals surface area contributed by atoms with E-state index in [1.807, 2.05) is 0 Å². The largest absolute Gasteiger partial charge is 0.481 e. The number of hydrogen-bond acceptors (Lipinski definition) is 3. The molecule has 1 saturated heterocycles. The van der Waals surface area contributed by atoms with E-state index in [-0.39, 0.29) is 18.4 Å². The van der Waals surface area contributed by atoms with Gasteiger partial charge in [-0.15, -0.1) is 0 Å². The number of ether oxygens (including phenoxy) is 1. The normalized spacial score (nSPS) is 16.6. The predicted octanol–water partition coefficient (Wildman–Crippen LogP) is 2.99. The standard InChI is InChI=1S/C20H29NO4/c1-14(2)16-6-3-15(4-7-16)5-8-19(22)21-13-18(20(23)24)17-9-11-25-12-10-17/h3-4,6-7,14,17-18H,5,8-13H2,1-2H3,(H,21,22)(H,23,24). The third-order valence-corrected chi connectivity index (χ3v) is 4.96. The van der Waals surface area contributed by atoms with Crippen molar-refractivity contribution < 1.29 is 19.4 Å². The van der Waals surface area contributed by atoms with E-state index in [4.69, 9.17) is 4.74 Å². The van der Waals surface area contributed by atoms with Crippen LogP contribution in [0.4, 0.5) is 0 Å². The Morgan fingerprint density at radius 2 is 1.84 bits per heavy atom. The number of aliphatic carboxylic acids is 1. The van der Waals surface area contributed by atoms with Gasteiger partial charge in [-0.25, -0.2) is 0 Å². The maximum absolute atomic E-state index is 12.1. The van der Waals surface area contributed by atoms with Crippen LogP contribution in [0, 0.1) is 11.8 Å². The monoisotopic (exact) mass is 347 g/mol. The summed E-state index contributed by atoms with van der Waals surface area (Å²) >= 11 is 0. The number of carboxylic acids is 1. The Bertz CT molecular complexity index is 562. The van der Waals surface area contributed by atoms with Crippen LogP contribution in [0.3, 0.4) is 0 Å². The first-order chi connectivity index (χ1) is 12.0. The molecule has 5 heteroatoms. The molecule has 1 atom stereocenters. The molecular weight excluding hydrogens is 318 g/mol. The minimum absolute atomic E-state index is 0.0788. The smallest absolute Gasteiger partial charge is 0.308 e. The topological polar surface area (TPSA) is 75.6 Å². The molecule has 1 aromatic carbocycles. The van der Waals surface area contributed by atoms with Crippen molar-refractivity contribution in [2.45, 2.75) is 45.4 Å². The van der Waals surface area contributed by atoms with Gasteiger partial charge >= 0.3 is 5.97 Å². The van der Waals surface area contributed by atoms with Gasteiger partial charge in [-0.3, -0.25) is 9.59 Å². The van der Waals surface area contributed by atoms with Gasteiger partial charge in [0.25, 0.3) is 0 Å². The highest BCUT2D eigenvalue weighted by Crippen LogP contribution is 2.23. The van der Waals surface area contributed by atoms with Crippen LogP contribution in [0.1, 0.15) is 50.2 Å². The van der Waals surface area contributed by atoms with E-state index in [1.165, 1.54) is 5.56 Å². The highest BCUT2D eigenvalue weighted by Gasteiger charge is 2.29. The first kappa shape index (κ1) is 19.4. The zero-order valence-corrected chi connectivity index (χ0v) is 15.2. The number of carboxylic acid groups (broad SMARTS) is 1. The lowest BCUT2D eigenvalue weighted by molar-refractivity contribution is -0.144. The third-order valence-electron chi connectivity index (χ3n) is 4.96. The van der Waals surface area contributed by atoms with Crippen LogP contribution in [-0.2, 0) is 20.7 Å². The molecule has 0 spiro atoms. The summed E-state index contributed by atoms with van der Waals surface area (Å²) in [6, 6.07) is 8.32. The van der Waals surface area contributed by atoms with Gasteiger partial charge in [0, 0.05) is 26.2 Å². The molecule has 1 aliphatic heterocycles. The third kappa shape index (κ3) is 6.16. The Labute approximate surface area is 149 Å². The van der Waals surface area contributed by atoms with Crippen LogP contribution >= 0.6 is 0 Å². The minimum Gasteiger partial charge on any atom is -0.481 e. The number of hydrogen-bond donors (Lipinski definition) is 2. The van der Waals surface area contributed by atoms with Gasteiger partial charge in [0.2, 0.25) is 5.91 Å². The summed E-state index contributed by atoms with van der Waals surface area (Å²) in [7, 11) is 0. The molecule has 2 N–H and O–H groups in total. The number of carbonyl (C=O) groups excluding carboxylic acids is 1. The number of aryl methyl sites for hydroxylation is 1. The molecule has 1 aliphatic rings. The van der Waals surface area contributed by atoms with Gasteiger partial charge in [0.1, 0.15) is 0 Å². The molecule has 1 amide bonds. The Hall–Kier alpha value is -1.88. The van der Waals surface area contributed by atoms with E-state index in [0.717, 1.165) is 18.4 Å². The average Bonchev–Trinajstić information content (AvgIpc) is 2.61. The summed E-state index contributed by atoms with van der Waals surface area (Å²) in [5, 5.41) is 12.2. The summed E-state index contributed by atoms with van der Waals surface area (Å²) in [6.07, 6.45) is 2.53. The van der Waals surface area contributed by atoms with Crippen molar-refractivity contribution in [1.82, 2.24) is 5.32 Å². The molecule has 2 rings (SSSR count). The van der Waals surface area contributed by atoms with Gasteiger partial charge in [-0.05, 0) is 42.2 Å². The van der Waals surface area contributed by atoms with Crippen molar-refractivity contribution >= 4 is 11.9 Å². The van der Waals surface area contributed by atoms with Gasteiger partial charge in [0.15, 0.2) is 0 Å². The second kappa shape index (κ2) is 9.56. The van der Waals surface area contributed by atoms with Crippen molar-refractivity contribution in [3.05, 3.63) is 35.4 Å². The van der Waals surface area contributed by atoms with Gasteiger partial charge in [-0.1, -0.05) is 38.1 Å². The molecule has 25 heavy (non-hydrogen) atoms. The quantitative estimate of drug-likeness (QED) is 0.758. The number of carbonyl (C=O) groups is 2. The van der Waals surface area contributed by atoms with E-state index < -0.39 is 11.9 Å². The summed E-state index contributed by atoms with van der Waals surface area (Å²) in [4.78, 5) is 23.6. The van der Waals surface area contributed by atoms with Crippen molar-refractivity contribution in [2.24, 2.45) is 11.8 Å². The number of amides is 1. The van der Waals surface area contributed by atoms with Crippen LogP contribution < -0.4 is 5.32 Å². The number of benzene rings is 1. The Kier molecular flexibility index (Phi) is 7.44. The first-order valence-corrected chi connectivity index (χ1v) is 9.13. The Morgan fingerprint density at radius 1 is 1.20 bits per heavy atom. The van der Waals surface area contributed by atoms with E-state index in [2.05, 4.69) is 43.4 Å². The molecular formula is C20H29NO4. The van der Waals surface area contributed by atoms with Gasteiger partial charge in [-0.2, -0.15) is 0 Å². The number of rotatable bonds is 8. The fourth-order valence-electron chi connectivity index (χ4n) is 3.21. The van der Waals surface area contributed by atoms with Crippen LogP contribution in [0.15, 0.2) is 24.3 Å². The molecule has 0 aromatic heterocycles. The molecule has 0 bridgehead atoms. The lowest BCUT2D eigenvalue weighted by atomic mass is 9.86. The van der Waals surface area contributed by atoms with Crippen LogP contribution in [0.5, 0.6) is 0 Å². The highest BCUT2D eigenvalue weighted by molar-refractivity contribution is 5.77. The van der Waals surface area contributed by atoms with E-state index in [1.54, 1.807) is 0 Å². The summed E-state index contributed by atoms with van der Waals surface area (Å²) in [5.74, 6) is -0.883. The van der Waals surface area contributed by atoms with E-state index in [9.17, 15) is 14.7 Å². The molecule has 138 valence electrons. The number of nitrogens with one attached hydrogen (secondary N) is 1. The molecule has 1 fully saturated rings. The summed E-state index contributed by atoms with van der Waals surface area (Å²) < 4.78 is 5.29. The molecule has 0 saturated carbocycles. The fourth-order valence-corrected chi connectivity index (χ4v) is 3.21.